The summed E-state index contributed by atoms with van der Waals surface area (Å²) in [6, 6.07) is 15.8. The second kappa shape index (κ2) is 11.8. The van der Waals surface area contributed by atoms with Crippen molar-refractivity contribution in [2.45, 2.75) is 39.5 Å². The van der Waals surface area contributed by atoms with Gasteiger partial charge >= 0.3 is 0 Å². The predicted molar refractivity (Wildman–Crippen MR) is 109 cm³/mol. The maximum Gasteiger partial charge on any atom is 0.119 e. The third-order valence-corrected chi connectivity index (χ3v) is 3.79. The molecule has 2 nitrogen and oxygen atoms in total. The van der Waals surface area contributed by atoms with Gasteiger partial charge in [-0.15, -0.1) is 0 Å². The molecule has 0 fully saturated rings. The Morgan fingerprint density at radius 2 is 1.31 bits per heavy atom. The van der Waals surface area contributed by atoms with E-state index in [0.29, 0.717) is 6.61 Å². The highest BCUT2D eigenvalue weighted by Gasteiger charge is 1.95. The van der Waals surface area contributed by atoms with Crippen molar-refractivity contribution in [2.24, 2.45) is 0 Å². The van der Waals surface area contributed by atoms with E-state index in [0.717, 1.165) is 48.5 Å². The van der Waals surface area contributed by atoms with Crippen LogP contribution < -0.4 is 9.47 Å². The molecule has 0 saturated heterocycles. The molecular formula is C24H28O2. The Morgan fingerprint density at radius 3 is 1.85 bits per heavy atom. The van der Waals surface area contributed by atoms with Gasteiger partial charge in [-0.3, -0.25) is 0 Å². The Kier molecular flexibility index (Phi) is 8.94. The zero-order valence-electron chi connectivity index (χ0n) is 15.8. The van der Waals surface area contributed by atoms with Gasteiger partial charge in [0.05, 0.1) is 6.61 Å². The molecule has 26 heavy (non-hydrogen) atoms. The van der Waals surface area contributed by atoms with E-state index in [2.05, 4.69) is 37.8 Å². The van der Waals surface area contributed by atoms with Gasteiger partial charge in [0.25, 0.3) is 0 Å². The smallest absolute Gasteiger partial charge is 0.119 e. The lowest BCUT2D eigenvalue weighted by atomic mass is 10.2. The monoisotopic (exact) mass is 348 g/mol. The summed E-state index contributed by atoms with van der Waals surface area (Å²) in [5.74, 6) is 8.13. The molecule has 0 amide bonds. The minimum atomic E-state index is 0.609. The maximum absolute atomic E-state index is 5.67. The van der Waals surface area contributed by atoms with Crippen LogP contribution in [0.2, 0.25) is 0 Å². The summed E-state index contributed by atoms with van der Waals surface area (Å²) in [4.78, 5) is 0. The molecule has 0 saturated carbocycles. The second-order valence-corrected chi connectivity index (χ2v) is 6.07. The van der Waals surface area contributed by atoms with Crippen molar-refractivity contribution >= 4 is 0 Å². The molecule has 2 aromatic carbocycles. The van der Waals surface area contributed by atoms with E-state index in [-0.39, 0.29) is 0 Å². The van der Waals surface area contributed by atoms with Crippen molar-refractivity contribution in [3.05, 3.63) is 71.8 Å². The van der Waals surface area contributed by atoms with Gasteiger partial charge in [0.1, 0.15) is 18.1 Å². The summed E-state index contributed by atoms with van der Waals surface area (Å²) < 4.78 is 11.3. The van der Waals surface area contributed by atoms with Crippen LogP contribution in [0.4, 0.5) is 0 Å². The van der Waals surface area contributed by atoms with Crippen LogP contribution in [0.15, 0.2) is 60.7 Å². The van der Waals surface area contributed by atoms with Crippen molar-refractivity contribution in [3.63, 3.8) is 0 Å². The highest BCUT2D eigenvalue weighted by atomic mass is 16.5. The van der Waals surface area contributed by atoms with Crippen LogP contribution >= 0.6 is 0 Å². The first-order chi connectivity index (χ1) is 12.8. The SMILES string of the molecule is CCCC=CCOc1ccc(C#Cc2ccc(OCCCC)cc2)cc1. The zero-order chi connectivity index (χ0) is 18.5. The minimum absolute atomic E-state index is 0.609. The predicted octanol–water partition coefficient (Wildman–Crippen LogP) is 6.00. The maximum atomic E-state index is 5.67. The van der Waals surface area contributed by atoms with Gasteiger partial charge < -0.3 is 9.47 Å². The lowest BCUT2D eigenvalue weighted by molar-refractivity contribution is 0.309. The van der Waals surface area contributed by atoms with Gasteiger partial charge in [0.2, 0.25) is 0 Å². The average molecular weight is 348 g/mol. The molecule has 0 aliphatic heterocycles. The summed E-state index contributed by atoms with van der Waals surface area (Å²) in [6.45, 7) is 5.70. The Hall–Kier alpha value is -2.66. The van der Waals surface area contributed by atoms with Gasteiger partial charge in [-0.25, -0.2) is 0 Å². The summed E-state index contributed by atoms with van der Waals surface area (Å²) >= 11 is 0. The van der Waals surface area contributed by atoms with Crippen LogP contribution in [0.25, 0.3) is 0 Å². The topological polar surface area (TPSA) is 18.5 Å². The number of ether oxygens (including phenoxy) is 2. The van der Waals surface area contributed by atoms with Crippen LogP contribution in [0.5, 0.6) is 11.5 Å². The molecule has 0 aromatic heterocycles. The molecular weight excluding hydrogens is 320 g/mol. The van der Waals surface area contributed by atoms with Gasteiger partial charge in [-0.2, -0.15) is 0 Å². The summed E-state index contributed by atoms with van der Waals surface area (Å²) in [5, 5.41) is 0. The first-order valence-corrected chi connectivity index (χ1v) is 9.44. The van der Waals surface area contributed by atoms with E-state index in [4.69, 9.17) is 9.47 Å². The first kappa shape index (κ1) is 19.7. The second-order valence-electron chi connectivity index (χ2n) is 6.07. The van der Waals surface area contributed by atoms with Crippen molar-refractivity contribution in [1.82, 2.24) is 0 Å². The Balaban J connectivity index is 1.85. The quantitative estimate of drug-likeness (QED) is 0.314. The Labute approximate surface area is 157 Å². The Morgan fingerprint density at radius 1 is 0.731 bits per heavy atom. The van der Waals surface area contributed by atoms with E-state index in [9.17, 15) is 0 Å². The fourth-order valence-corrected chi connectivity index (χ4v) is 2.24. The molecule has 0 aliphatic carbocycles. The summed E-state index contributed by atoms with van der Waals surface area (Å²) in [6.07, 6.45) is 8.70. The summed E-state index contributed by atoms with van der Waals surface area (Å²) in [7, 11) is 0. The summed E-state index contributed by atoms with van der Waals surface area (Å²) in [5.41, 5.74) is 1.95. The molecule has 0 aliphatic rings. The van der Waals surface area contributed by atoms with Gasteiger partial charge in [-0.05, 0) is 61.4 Å². The Bertz CT molecular complexity index is 716. The normalized spacial score (nSPS) is 10.4. The molecule has 0 bridgehead atoms. The third-order valence-electron chi connectivity index (χ3n) is 3.79. The number of allylic oxidation sites excluding steroid dienone is 1. The molecule has 0 heterocycles. The fourth-order valence-electron chi connectivity index (χ4n) is 2.24. The third kappa shape index (κ3) is 7.49. The van der Waals surface area contributed by atoms with Crippen LogP contribution in [0.1, 0.15) is 50.7 Å². The fraction of sp³-hybridized carbons (Fsp3) is 0.333. The van der Waals surface area contributed by atoms with Crippen molar-refractivity contribution in [1.29, 1.82) is 0 Å². The molecule has 0 atom stereocenters. The minimum Gasteiger partial charge on any atom is -0.494 e. The highest BCUT2D eigenvalue weighted by molar-refractivity contribution is 5.45. The number of benzene rings is 2. The molecule has 2 rings (SSSR count). The van der Waals surface area contributed by atoms with Gasteiger partial charge in [0, 0.05) is 11.1 Å². The molecule has 0 N–H and O–H groups in total. The van der Waals surface area contributed by atoms with E-state index in [1.807, 2.05) is 48.5 Å². The van der Waals surface area contributed by atoms with Crippen LogP contribution in [-0.4, -0.2) is 13.2 Å². The molecule has 2 heteroatoms. The number of rotatable bonds is 9. The molecule has 0 unspecified atom stereocenters. The van der Waals surface area contributed by atoms with Crippen LogP contribution in [0.3, 0.4) is 0 Å². The number of hydrogen-bond donors (Lipinski definition) is 0. The van der Waals surface area contributed by atoms with Gasteiger partial charge in [-0.1, -0.05) is 50.7 Å². The molecule has 0 radical (unpaired) electrons. The molecule has 136 valence electrons. The van der Waals surface area contributed by atoms with E-state index >= 15 is 0 Å². The van der Waals surface area contributed by atoms with E-state index < -0.39 is 0 Å². The number of hydrogen-bond acceptors (Lipinski definition) is 2. The van der Waals surface area contributed by atoms with Crippen molar-refractivity contribution in [3.8, 4) is 23.3 Å². The van der Waals surface area contributed by atoms with Crippen LogP contribution in [0, 0.1) is 11.8 Å². The highest BCUT2D eigenvalue weighted by Crippen LogP contribution is 2.14. The number of unbranched alkanes of at least 4 members (excludes halogenated alkanes) is 2. The van der Waals surface area contributed by atoms with E-state index in [1.165, 1.54) is 6.42 Å². The average Bonchev–Trinajstić information content (AvgIpc) is 2.68. The van der Waals surface area contributed by atoms with E-state index in [1.54, 1.807) is 0 Å². The largest absolute Gasteiger partial charge is 0.494 e. The zero-order valence-corrected chi connectivity index (χ0v) is 15.8. The first-order valence-electron chi connectivity index (χ1n) is 9.44. The lowest BCUT2D eigenvalue weighted by Gasteiger charge is -2.04. The van der Waals surface area contributed by atoms with Crippen LogP contribution in [-0.2, 0) is 0 Å². The lowest BCUT2D eigenvalue weighted by Crippen LogP contribution is -1.95. The molecule has 2 aromatic rings. The standard InChI is InChI=1S/C24H28O2/c1-3-5-7-8-20-26-24-17-13-22(14-18-24)10-9-21-11-15-23(16-12-21)25-19-6-4-2/h7-8,11-18H,3-6,19-20H2,1-2H3. The van der Waals surface area contributed by atoms with Crippen molar-refractivity contribution < 1.29 is 9.47 Å². The molecule has 0 spiro atoms. The van der Waals surface area contributed by atoms with Crippen molar-refractivity contribution in [2.75, 3.05) is 13.2 Å². The van der Waals surface area contributed by atoms with Gasteiger partial charge in [0.15, 0.2) is 0 Å².